The van der Waals surface area contributed by atoms with Crippen molar-refractivity contribution >= 4 is 22.7 Å². The van der Waals surface area contributed by atoms with Crippen LogP contribution in [0.5, 0.6) is 5.75 Å². The fourth-order valence-electron chi connectivity index (χ4n) is 1.56. The van der Waals surface area contributed by atoms with Crippen molar-refractivity contribution in [2.75, 3.05) is 5.32 Å². The van der Waals surface area contributed by atoms with Crippen LogP contribution in [-0.2, 0) is 0 Å². The van der Waals surface area contributed by atoms with E-state index in [1.807, 2.05) is 0 Å². The smallest absolute Gasteiger partial charge is 0.273 e. The van der Waals surface area contributed by atoms with Crippen molar-refractivity contribution in [1.29, 1.82) is 0 Å². The van der Waals surface area contributed by atoms with Gasteiger partial charge in [-0.05, 0) is 18.2 Å². The SMILES string of the molecule is O=[N+]([O-])c1ccc(Nc2ccc([N+](=O)[O-])cc2O)cc1. The van der Waals surface area contributed by atoms with Crippen LogP contribution in [0.15, 0.2) is 42.5 Å². The largest absolute Gasteiger partial charge is 0.506 e. The first-order valence-corrected chi connectivity index (χ1v) is 5.46. The van der Waals surface area contributed by atoms with E-state index in [0.29, 0.717) is 5.69 Å². The number of hydrogen-bond donors (Lipinski definition) is 2. The first-order chi connectivity index (χ1) is 9.47. The summed E-state index contributed by atoms with van der Waals surface area (Å²) in [6, 6.07) is 9.18. The van der Waals surface area contributed by atoms with E-state index in [9.17, 15) is 25.3 Å². The maximum absolute atomic E-state index is 10.5. The zero-order valence-corrected chi connectivity index (χ0v) is 10.0. The van der Waals surface area contributed by atoms with E-state index in [2.05, 4.69) is 5.32 Å². The van der Waals surface area contributed by atoms with Crippen molar-refractivity contribution in [2.24, 2.45) is 0 Å². The lowest BCUT2D eigenvalue weighted by molar-refractivity contribution is -0.385. The third kappa shape index (κ3) is 2.80. The molecule has 0 amide bonds. The van der Waals surface area contributed by atoms with Gasteiger partial charge in [0.25, 0.3) is 11.4 Å². The molecular formula is C12H9N3O5. The zero-order chi connectivity index (χ0) is 14.7. The van der Waals surface area contributed by atoms with Crippen LogP contribution in [0.1, 0.15) is 0 Å². The highest BCUT2D eigenvalue weighted by Crippen LogP contribution is 2.30. The van der Waals surface area contributed by atoms with E-state index < -0.39 is 9.85 Å². The number of non-ortho nitro benzene ring substituents is 2. The molecule has 0 aliphatic rings. The zero-order valence-electron chi connectivity index (χ0n) is 10.0. The van der Waals surface area contributed by atoms with Crippen LogP contribution < -0.4 is 5.32 Å². The molecule has 2 rings (SSSR count). The number of phenols is 1. The standard InChI is InChI=1S/C12H9N3O5/c16-12-7-10(15(19)20)5-6-11(12)13-8-1-3-9(4-2-8)14(17)18/h1-7,13,16H. The second-order valence-corrected chi connectivity index (χ2v) is 3.89. The Hall–Kier alpha value is -3.16. The van der Waals surface area contributed by atoms with E-state index in [1.165, 1.54) is 36.4 Å². The number of nitro groups is 2. The van der Waals surface area contributed by atoms with Crippen LogP contribution in [0.25, 0.3) is 0 Å². The number of nitro benzene ring substituents is 2. The summed E-state index contributed by atoms with van der Waals surface area (Å²) >= 11 is 0. The molecule has 0 saturated heterocycles. The highest BCUT2D eigenvalue weighted by molar-refractivity contribution is 5.68. The molecule has 8 nitrogen and oxygen atoms in total. The molecule has 0 fully saturated rings. The van der Waals surface area contributed by atoms with Gasteiger partial charge in [-0.25, -0.2) is 0 Å². The quantitative estimate of drug-likeness (QED) is 0.503. The minimum atomic E-state index is -0.616. The number of phenolic OH excluding ortho intramolecular Hbond substituents is 1. The van der Waals surface area contributed by atoms with E-state index >= 15 is 0 Å². The molecular weight excluding hydrogens is 266 g/mol. The molecule has 0 aromatic heterocycles. The molecule has 2 aromatic rings. The van der Waals surface area contributed by atoms with Crippen molar-refractivity contribution in [2.45, 2.75) is 0 Å². The van der Waals surface area contributed by atoms with Crippen molar-refractivity contribution in [1.82, 2.24) is 0 Å². The van der Waals surface area contributed by atoms with Gasteiger partial charge in [0, 0.05) is 23.9 Å². The average Bonchev–Trinajstić information content (AvgIpc) is 2.41. The minimum Gasteiger partial charge on any atom is -0.506 e. The van der Waals surface area contributed by atoms with E-state index in [1.54, 1.807) is 0 Å². The summed E-state index contributed by atoms with van der Waals surface area (Å²) in [5.41, 5.74) is 0.504. The van der Waals surface area contributed by atoms with Crippen molar-refractivity contribution < 1.29 is 15.0 Å². The molecule has 0 spiro atoms. The number of aromatic hydroxyl groups is 1. The molecule has 20 heavy (non-hydrogen) atoms. The summed E-state index contributed by atoms with van der Waals surface area (Å²) in [5, 5.41) is 33.5. The first kappa shape index (κ1) is 13.3. The topological polar surface area (TPSA) is 119 Å². The Bertz CT molecular complexity index is 669. The van der Waals surface area contributed by atoms with Gasteiger partial charge in [-0.2, -0.15) is 0 Å². The van der Waals surface area contributed by atoms with Crippen molar-refractivity contribution in [3.05, 3.63) is 62.7 Å². The van der Waals surface area contributed by atoms with Crippen LogP contribution in [0.2, 0.25) is 0 Å². The Labute approximate surface area is 112 Å². The van der Waals surface area contributed by atoms with Gasteiger partial charge >= 0.3 is 0 Å². The molecule has 0 saturated carbocycles. The molecule has 0 radical (unpaired) electrons. The summed E-state index contributed by atoms with van der Waals surface area (Å²) in [7, 11) is 0. The lowest BCUT2D eigenvalue weighted by atomic mass is 10.2. The number of anilines is 2. The summed E-state index contributed by atoms with van der Waals surface area (Å²) in [6.45, 7) is 0. The predicted octanol–water partition coefficient (Wildman–Crippen LogP) is 2.95. The molecule has 2 aromatic carbocycles. The van der Waals surface area contributed by atoms with E-state index in [4.69, 9.17) is 0 Å². The maximum atomic E-state index is 10.5. The first-order valence-electron chi connectivity index (χ1n) is 5.46. The van der Waals surface area contributed by atoms with Gasteiger partial charge in [-0.3, -0.25) is 20.2 Å². The van der Waals surface area contributed by atoms with E-state index in [-0.39, 0.29) is 22.8 Å². The van der Waals surface area contributed by atoms with Gasteiger partial charge in [0.1, 0.15) is 5.75 Å². The Morgan fingerprint density at radius 2 is 1.45 bits per heavy atom. The van der Waals surface area contributed by atoms with E-state index in [0.717, 1.165) is 6.07 Å². The number of nitrogens with zero attached hydrogens (tertiary/aromatic N) is 2. The molecule has 0 unspecified atom stereocenters. The third-order valence-electron chi connectivity index (χ3n) is 2.55. The molecule has 0 aliphatic heterocycles. The van der Waals surface area contributed by atoms with Crippen LogP contribution in [-0.4, -0.2) is 15.0 Å². The summed E-state index contributed by atoms with van der Waals surface area (Å²) < 4.78 is 0. The Morgan fingerprint density at radius 3 is 1.95 bits per heavy atom. The van der Waals surface area contributed by atoms with Gasteiger partial charge in [0.2, 0.25) is 0 Å². The molecule has 0 atom stereocenters. The average molecular weight is 275 g/mol. The van der Waals surface area contributed by atoms with Crippen molar-refractivity contribution in [3.63, 3.8) is 0 Å². The minimum absolute atomic E-state index is 0.0523. The van der Waals surface area contributed by atoms with Gasteiger partial charge in [0.05, 0.1) is 21.6 Å². The van der Waals surface area contributed by atoms with Gasteiger partial charge in [-0.1, -0.05) is 0 Å². The predicted molar refractivity (Wildman–Crippen MR) is 71.1 cm³/mol. The Balaban J connectivity index is 2.21. The maximum Gasteiger partial charge on any atom is 0.273 e. The number of rotatable bonds is 4. The Kier molecular flexibility index (Phi) is 3.47. The van der Waals surface area contributed by atoms with Crippen LogP contribution in [0.3, 0.4) is 0 Å². The molecule has 2 N–H and O–H groups in total. The second-order valence-electron chi connectivity index (χ2n) is 3.89. The second kappa shape index (κ2) is 5.22. The number of hydrogen-bond acceptors (Lipinski definition) is 6. The molecule has 0 aliphatic carbocycles. The lowest BCUT2D eigenvalue weighted by Crippen LogP contribution is -1.93. The fourth-order valence-corrected chi connectivity index (χ4v) is 1.56. The molecule has 102 valence electrons. The highest BCUT2D eigenvalue weighted by Gasteiger charge is 2.10. The lowest BCUT2D eigenvalue weighted by Gasteiger charge is -2.07. The molecule has 0 bridgehead atoms. The van der Waals surface area contributed by atoms with Gasteiger partial charge < -0.3 is 10.4 Å². The highest BCUT2D eigenvalue weighted by atomic mass is 16.6. The molecule has 0 heterocycles. The fraction of sp³-hybridized carbons (Fsp3) is 0. The van der Waals surface area contributed by atoms with Crippen molar-refractivity contribution in [3.8, 4) is 5.75 Å². The van der Waals surface area contributed by atoms with Crippen LogP contribution >= 0.6 is 0 Å². The van der Waals surface area contributed by atoms with Gasteiger partial charge in [0.15, 0.2) is 0 Å². The van der Waals surface area contributed by atoms with Crippen LogP contribution in [0, 0.1) is 20.2 Å². The summed E-state index contributed by atoms with van der Waals surface area (Å²) in [4.78, 5) is 19.9. The Morgan fingerprint density at radius 1 is 0.900 bits per heavy atom. The number of benzene rings is 2. The van der Waals surface area contributed by atoms with Gasteiger partial charge in [-0.15, -0.1) is 0 Å². The van der Waals surface area contributed by atoms with Crippen LogP contribution in [0.4, 0.5) is 22.7 Å². The summed E-state index contributed by atoms with van der Waals surface area (Å²) in [6.07, 6.45) is 0. The normalized spacial score (nSPS) is 10.0. The monoisotopic (exact) mass is 275 g/mol. The number of nitrogens with one attached hydrogen (secondary N) is 1. The molecule has 8 heteroatoms. The summed E-state index contributed by atoms with van der Waals surface area (Å²) in [5.74, 6) is -0.280. The third-order valence-corrected chi connectivity index (χ3v) is 2.55.